The van der Waals surface area contributed by atoms with E-state index in [1.54, 1.807) is 0 Å². The maximum absolute atomic E-state index is 4.37. The quantitative estimate of drug-likeness (QED) is 0.752. The Balaban J connectivity index is 1.88. The first-order valence-corrected chi connectivity index (χ1v) is 6.84. The number of rotatable bonds is 2. The number of hydrogen-bond acceptors (Lipinski definition) is 2. The van der Waals surface area contributed by atoms with Gasteiger partial charge in [-0.1, -0.05) is 45.0 Å². The molecule has 20 heavy (non-hydrogen) atoms. The van der Waals surface area contributed by atoms with Gasteiger partial charge in [0, 0.05) is 0 Å². The van der Waals surface area contributed by atoms with Gasteiger partial charge in [-0.2, -0.15) is 0 Å². The van der Waals surface area contributed by atoms with Crippen LogP contribution in [0.3, 0.4) is 0 Å². The van der Waals surface area contributed by atoms with Crippen LogP contribution in [0.25, 0.3) is 11.0 Å². The summed E-state index contributed by atoms with van der Waals surface area (Å²) in [6.07, 6.45) is 1.81. The molecule has 3 aromatic rings. The van der Waals surface area contributed by atoms with Crippen LogP contribution in [0.5, 0.6) is 0 Å². The van der Waals surface area contributed by atoms with Crippen molar-refractivity contribution in [2.24, 2.45) is 0 Å². The van der Waals surface area contributed by atoms with Gasteiger partial charge in [-0.3, -0.25) is 5.43 Å². The Morgan fingerprint density at radius 2 is 1.65 bits per heavy atom. The minimum atomic E-state index is 0.181. The number of aromatic nitrogens is 2. The molecule has 0 atom stereocenters. The van der Waals surface area contributed by atoms with E-state index in [2.05, 4.69) is 61.5 Å². The summed E-state index contributed by atoms with van der Waals surface area (Å²) in [6.45, 7) is 6.66. The van der Waals surface area contributed by atoms with Crippen molar-refractivity contribution in [3.05, 3.63) is 60.4 Å². The van der Waals surface area contributed by atoms with E-state index < -0.39 is 0 Å². The number of anilines is 1. The third-order valence-corrected chi connectivity index (χ3v) is 3.45. The number of imidazole rings is 1. The number of para-hydroxylation sites is 2. The summed E-state index contributed by atoms with van der Waals surface area (Å²) in [5.41, 5.74) is 8.00. The lowest BCUT2D eigenvalue weighted by Gasteiger charge is -2.19. The van der Waals surface area contributed by atoms with E-state index in [0.29, 0.717) is 0 Å². The predicted octanol–water partition coefficient (Wildman–Crippen LogP) is 4.21. The average molecular weight is 265 g/mol. The Bertz CT molecular complexity index is 718. The van der Waals surface area contributed by atoms with Crippen molar-refractivity contribution < 1.29 is 0 Å². The molecule has 0 radical (unpaired) electrons. The predicted molar refractivity (Wildman–Crippen MR) is 83.9 cm³/mol. The second-order valence-corrected chi connectivity index (χ2v) is 6.04. The van der Waals surface area contributed by atoms with Crippen molar-refractivity contribution in [1.29, 1.82) is 0 Å². The summed E-state index contributed by atoms with van der Waals surface area (Å²) in [4.78, 5) is 4.37. The van der Waals surface area contributed by atoms with Gasteiger partial charge in [0.05, 0.1) is 16.7 Å². The average Bonchev–Trinajstić information content (AvgIpc) is 2.82. The van der Waals surface area contributed by atoms with Crippen LogP contribution in [-0.4, -0.2) is 9.66 Å². The molecule has 0 aliphatic heterocycles. The van der Waals surface area contributed by atoms with Gasteiger partial charge in [0.25, 0.3) is 0 Å². The van der Waals surface area contributed by atoms with Gasteiger partial charge in [-0.15, -0.1) is 0 Å². The first kappa shape index (κ1) is 12.7. The zero-order chi connectivity index (χ0) is 14.2. The molecule has 3 rings (SSSR count). The maximum atomic E-state index is 4.37. The van der Waals surface area contributed by atoms with E-state index in [1.807, 2.05) is 29.2 Å². The molecular weight excluding hydrogens is 246 g/mol. The third kappa shape index (κ3) is 2.39. The molecule has 0 amide bonds. The molecule has 1 aromatic heterocycles. The van der Waals surface area contributed by atoms with Gasteiger partial charge in [0.1, 0.15) is 6.33 Å². The lowest BCUT2D eigenvalue weighted by Crippen LogP contribution is -2.11. The Hall–Kier alpha value is -2.29. The Labute approximate surface area is 119 Å². The Morgan fingerprint density at radius 1 is 0.950 bits per heavy atom. The van der Waals surface area contributed by atoms with Crippen LogP contribution in [0.4, 0.5) is 5.69 Å². The van der Waals surface area contributed by atoms with Crippen molar-refractivity contribution >= 4 is 16.7 Å². The van der Waals surface area contributed by atoms with E-state index in [4.69, 9.17) is 0 Å². The van der Waals surface area contributed by atoms with E-state index in [9.17, 15) is 0 Å². The molecule has 2 aromatic carbocycles. The molecule has 1 N–H and O–H groups in total. The number of fused-ring (bicyclic) bond motifs is 1. The topological polar surface area (TPSA) is 29.9 Å². The van der Waals surface area contributed by atoms with Gasteiger partial charge in [0.2, 0.25) is 0 Å². The monoisotopic (exact) mass is 265 g/mol. The summed E-state index contributed by atoms with van der Waals surface area (Å²) in [6, 6.07) is 16.6. The van der Waals surface area contributed by atoms with Crippen molar-refractivity contribution in [2.45, 2.75) is 26.2 Å². The molecule has 0 fully saturated rings. The minimum Gasteiger partial charge on any atom is -0.293 e. The first-order valence-electron chi connectivity index (χ1n) is 6.84. The first-order chi connectivity index (χ1) is 9.54. The summed E-state index contributed by atoms with van der Waals surface area (Å²) in [7, 11) is 0. The number of nitrogens with zero attached hydrogens (tertiary/aromatic N) is 2. The van der Waals surface area contributed by atoms with E-state index >= 15 is 0 Å². The molecule has 0 spiro atoms. The molecule has 0 aliphatic rings. The highest BCUT2D eigenvalue weighted by atomic mass is 15.4. The van der Waals surface area contributed by atoms with Gasteiger partial charge in [-0.05, 0) is 35.2 Å². The molecule has 1 heterocycles. The van der Waals surface area contributed by atoms with E-state index in [-0.39, 0.29) is 5.41 Å². The normalized spacial score (nSPS) is 11.8. The van der Waals surface area contributed by atoms with Crippen LogP contribution in [0.1, 0.15) is 26.3 Å². The number of hydrogen-bond donors (Lipinski definition) is 1. The van der Waals surface area contributed by atoms with Crippen molar-refractivity contribution in [2.75, 3.05) is 5.43 Å². The Kier molecular flexibility index (Phi) is 2.97. The van der Waals surface area contributed by atoms with Crippen LogP contribution >= 0.6 is 0 Å². The summed E-state index contributed by atoms with van der Waals surface area (Å²) in [5.74, 6) is 0. The largest absolute Gasteiger partial charge is 0.293 e. The second-order valence-electron chi connectivity index (χ2n) is 6.04. The third-order valence-electron chi connectivity index (χ3n) is 3.45. The lowest BCUT2D eigenvalue weighted by molar-refractivity contribution is 0.590. The van der Waals surface area contributed by atoms with Crippen LogP contribution < -0.4 is 5.43 Å². The van der Waals surface area contributed by atoms with E-state index in [0.717, 1.165) is 16.7 Å². The molecule has 0 aliphatic carbocycles. The number of benzene rings is 2. The van der Waals surface area contributed by atoms with E-state index in [1.165, 1.54) is 5.56 Å². The minimum absolute atomic E-state index is 0.181. The number of nitrogens with one attached hydrogen (secondary N) is 1. The van der Waals surface area contributed by atoms with Crippen LogP contribution in [-0.2, 0) is 5.41 Å². The van der Waals surface area contributed by atoms with Crippen molar-refractivity contribution in [3.63, 3.8) is 0 Å². The highest BCUT2D eigenvalue weighted by Gasteiger charge is 2.12. The van der Waals surface area contributed by atoms with Crippen LogP contribution in [0.15, 0.2) is 54.9 Å². The summed E-state index contributed by atoms with van der Waals surface area (Å²) < 4.78 is 1.95. The molecular formula is C17H19N3. The fourth-order valence-corrected chi connectivity index (χ4v) is 2.23. The molecule has 3 heteroatoms. The van der Waals surface area contributed by atoms with Crippen LogP contribution in [0, 0.1) is 0 Å². The molecule has 0 unspecified atom stereocenters. The zero-order valence-electron chi connectivity index (χ0n) is 12.1. The lowest BCUT2D eigenvalue weighted by atomic mass is 9.87. The fourth-order valence-electron chi connectivity index (χ4n) is 2.23. The fraction of sp³-hybridized carbons (Fsp3) is 0.235. The van der Waals surface area contributed by atoms with Gasteiger partial charge in [-0.25, -0.2) is 9.66 Å². The van der Waals surface area contributed by atoms with Gasteiger partial charge < -0.3 is 0 Å². The molecule has 0 saturated carbocycles. The highest BCUT2D eigenvalue weighted by Crippen LogP contribution is 2.23. The van der Waals surface area contributed by atoms with Crippen molar-refractivity contribution in [1.82, 2.24) is 9.66 Å². The van der Waals surface area contributed by atoms with Gasteiger partial charge >= 0.3 is 0 Å². The van der Waals surface area contributed by atoms with Gasteiger partial charge in [0.15, 0.2) is 0 Å². The molecule has 0 saturated heterocycles. The summed E-state index contributed by atoms with van der Waals surface area (Å²) >= 11 is 0. The Morgan fingerprint density at radius 3 is 2.35 bits per heavy atom. The van der Waals surface area contributed by atoms with Crippen molar-refractivity contribution in [3.8, 4) is 0 Å². The molecule has 102 valence electrons. The zero-order valence-corrected chi connectivity index (χ0v) is 12.1. The SMILES string of the molecule is CC(C)(C)c1ccc(Nn2cnc3ccccc32)cc1. The summed E-state index contributed by atoms with van der Waals surface area (Å²) in [5, 5.41) is 0. The molecule has 0 bridgehead atoms. The molecule has 3 nitrogen and oxygen atoms in total. The van der Waals surface area contributed by atoms with Crippen LogP contribution in [0.2, 0.25) is 0 Å². The maximum Gasteiger partial charge on any atom is 0.116 e. The highest BCUT2D eigenvalue weighted by molar-refractivity contribution is 5.75. The second kappa shape index (κ2) is 4.67. The standard InChI is InChI=1S/C17H19N3/c1-17(2,3)13-8-10-14(11-9-13)19-20-12-18-15-6-4-5-7-16(15)20/h4-12,19H,1-3H3. The smallest absolute Gasteiger partial charge is 0.116 e.